The fourth-order valence-corrected chi connectivity index (χ4v) is 6.53. The lowest BCUT2D eigenvalue weighted by atomic mass is 9.93. The molecule has 0 aliphatic carbocycles. The fraction of sp³-hybridized carbons (Fsp3) is 0.310. The minimum Gasteiger partial charge on any atom is -0.418 e. The molecule has 2 atom stereocenters. The molecule has 0 aromatic heterocycles. The number of nitro groups is 2. The lowest BCUT2D eigenvalue weighted by Gasteiger charge is -2.30. The molecular weight excluding hydrogens is 558 g/mol. The van der Waals surface area contributed by atoms with E-state index in [1.807, 2.05) is 13.0 Å². The minimum absolute atomic E-state index is 0.255. The van der Waals surface area contributed by atoms with Crippen molar-refractivity contribution in [2.24, 2.45) is 0 Å². The van der Waals surface area contributed by atoms with Crippen molar-refractivity contribution in [2.75, 3.05) is 13.2 Å². The molecule has 42 heavy (non-hydrogen) atoms. The van der Waals surface area contributed by atoms with Crippen molar-refractivity contribution in [1.82, 2.24) is 16.0 Å². The second-order valence-electron chi connectivity index (χ2n) is 10.2. The summed E-state index contributed by atoms with van der Waals surface area (Å²) >= 11 is 0. The summed E-state index contributed by atoms with van der Waals surface area (Å²) in [4.78, 5) is 47.8. The Morgan fingerprint density at radius 1 is 0.833 bits per heavy atom. The van der Waals surface area contributed by atoms with Crippen LogP contribution in [0.5, 0.6) is 0 Å². The third kappa shape index (κ3) is 9.21. The first kappa shape index (κ1) is 31.9. The number of carbonyl (C=O) groups excluding carboxylic acids is 2. The predicted molar refractivity (Wildman–Crippen MR) is 161 cm³/mol. The molecule has 0 heterocycles. The van der Waals surface area contributed by atoms with Crippen LogP contribution < -0.4 is 16.0 Å². The van der Waals surface area contributed by atoms with Gasteiger partial charge in [-0.2, -0.15) is 0 Å². The molecule has 3 aromatic carbocycles. The first-order valence-electron chi connectivity index (χ1n) is 13.5. The van der Waals surface area contributed by atoms with Gasteiger partial charge in [0.25, 0.3) is 17.3 Å². The van der Waals surface area contributed by atoms with Crippen molar-refractivity contribution in [3.05, 3.63) is 116 Å². The van der Waals surface area contributed by atoms with Gasteiger partial charge in [0.2, 0.25) is 0 Å². The quantitative estimate of drug-likeness (QED) is 0.0940. The summed E-state index contributed by atoms with van der Waals surface area (Å²) in [5, 5.41) is 31.5. The van der Waals surface area contributed by atoms with Crippen molar-refractivity contribution in [3.63, 3.8) is 0 Å². The van der Waals surface area contributed by atoms with E-state index in [2.05, 4.69) is 29.0 Å². The summed E-state index contributed by atoms with van der Waals surface area (Å²) in [6.07, 6.45) is 0.743. The van der Waals surface area contributed by atoms with Crippen molar-refractivity contribution < 1.29 is 23.9 Å². The maximum absolute atomic E-state index is 13.5. The molecule has 0 saturated heterocycles. The van der Waals surface area contributed by atoms with Crippen molar-refractivity contribution >= 4 is 31.6 Å². The van der Waals surface area contributed by atoms with E-state index >= 15 is 0 Å². The number of rotatable bonds is 14. The third-order valence-corrected chi connectivity index (χ3v) is 9.21. The highest BCUT2D eigenvalue weighted by Crippen LogP contribution is 2.30. The van der Waals surface area contributed by atoms with E-state index < -0.39 is 53.6 Å². The summed E-state index contributed by atoms with van der Waals surface area (Å²) in [7, 11) is -1.80. The van der Waals surface area contributed by atoms with Gasteiger partial charge in [0, 0.05) is 25.3 Å². The van der Waals surface area contributed by atoms with Crippen molar-refractivity contribution in [1.29, 1.82) is 0 Å². The molecule has 12 nitrogen and oxygen atoms in total. The zero-order valence-electron chi connectivity index (χ0n) is 23.7. The Balaban J connectivity index is 1.90. The van der Waals surface area contributed by atoms with E-state index in [9.17, 15) is 29.8 Å². The highest BCUT2D eigenvalue weighted by atomic mass is 28.4. The van der Waals surface area contributed by atoms with Gasteiger partial charge in [0.05, 0.1) is 33.6 Å². The average Bonchev–Trinajstić information content (AvgIpc) is 2.97. The molecule has 3 amide bonds. The molecule has 0 saturated carbocycles. The molecular formula is C29H35N5O7Si. The van der Waals surface area contributed by atoms with Gasteiger partial charge in [-0.25, -0.2) is 4.79 Å². The van der Waals surface area contributed by atoms with Crippen LogP contribution in [0.2, 0.25) is 19.1 Å². The Kier molecular flexibility index (Phi) is 11.3. The Hall–Kier alpha value is -4.62. The first-order chi connectivity index (χ1) is 20.0. The molecule has 0 fully saturated rings. The number of nitro benzene ring substituents is 2. The molecule has 0 unspecified atom stereocenters. The van der Waals surface area contributed by atoms with Crippen LogP contribution >= 0.6 is 0 Å². The van der Waals surface area contributed by atoms with Gasteiger partial charge in [-0.3, -0.25) is 25.0 Å². The minimum atomic E-state index is -1.80. The van der Waals surface area contributed by atoms with Crippen LogP contribution in [-0.4, -0.2) is 43.3 Å². The van der Waals surface area contributed by atoms with Crippen LogP contribution in [0, 0.1) is 20.2 Å². The molecule has 13 heteroatoms. The van der Waals surface area contributed by atoms with Gasteiger partial charge in [-0.05, 0) is 43.6 Å². The van der Waals surface area contributed by atoms with E-state index in [0.29, 0.717) is 24.3 Å². The van der Waals surface area contributed by atoms with Crippen LogP contribution in [0.4, 0.5) is 16.2 Å². The second-order valence-corrected chi connectivity index (χ2v) is 14.5. The largest absolute Gasteiger partial charge is 0.418 e. The van der Waals surface area contributed by atoms with Crippen LogP contribution in [-0.2, 0) is 4.43 Å². The monoisotopic (exact) mass is 593 g/mol. The van der Waals surface area contributed by atoms with Gasteiger partial charge in [0.15, 0.2) is 8.32 Å². The molecule has 0 bridgehead atoms. The summed E-state index contributed by atoms with van der Waals surface area (Å²) in [5.74, 6) is -0.776. The van der Waals surface area contributed by atoms with Crippen LogP contribution in [0.1, 0.15) is 46.9 Å². The van der Waals surface area contributed by atoms with Gasteiger partial charge < -0.3 is 20.4 Å². The lowest BCUT2D eigenvalue weighted by Crippen LogP contribution is -2.45. The third-order valence-electron chi connectivity index (χ3n) is 6.59. The van der Waals surface area contributed by atoms with E-state index in [-0.39, 0.29) is 5.56 Å². The van der Waals surface area contributed by atoms with Gasteiger partial charge in [-0.15, -0.1) is 0 Å². The number of amides is 3. The predicted octanol–water partition coefficient (Wildman–Crippen LogP) is 5.65. The number of nitrogens with zero attached hydrogens (tertiary/aromatic N) is 2. The molecule has 0 aliphatic rings. The summed E-state index contributed by atoms with van der Waals surface area (Å²) in [5.41, 5.74) is -0.0909. The maximum Gasteiger partial charge on any atom is 0.315 e. The highest BCUT2D eigenvalue weighted by molar-refractivity contribution is 6.71. The first-order valence-corrected chi connectivity index (χ1v) is 16.6. The number of non-ortho nitro benzene ring substituents is 2. The lowest BCUT2D eigenvalue weighted by molar-refractivity contribution is -0.394. The van der Waals surface area contributed by atoms with E-state index in [1.165, 1.54) is 0 Å². The van der Waals surface area contributed by atoms with Crippen LogP contribution in [0.15, 0.2) is 78.9 Å². The van der Waals surface area contributed by atoms with E-state index in [4.69, 9.17) is 4.43 Å². The molecule has 3 rings (SSSR count). The van der Waals surface area contributed by atoms with Crippen LogP contribution in [0.3, 0.4) is 0 Å². The summed E-state index contributed by atoms with van der Waals surface area (Å²) in [6, 6.07) is 19.5. The summed E-state index contributed by atoms with van der Waals surface area (Å²) < 4.78 is 5.85. The maximum atomic E-state index is 13.5. The Morgan fingerprint density at radius 2 is 1.33 bits per heavy atom. The molecule has 0 radical (unpaired) electrons. The molecule has 3 aromatic rings. The SMILES string of the molecule is CCO[Si](C)(C)CCCNC(=O)N[C@H](c1ccccc1)[C@H](NC(=O)c1cc([N+](=O)[O-])cc([N+](=O)[O-])c1)c1ccccc1. The average molecular weight is 594 g/mol. The number of nitrogens with one attached hydrogen (secondary N) is 3. The topological polar surface area (TPSA) is 166 Å². The Morgan fingerprint density at radius 3 is 1.81 bits per heavy atom. The smallest absolute Gasteiger partial charge is 0.315 e. The number of urea groups is 1. The zero-order chi connectivity index (χ0) is 30.7. The Bertz CT molecular complexity index is 1360. The van der Waals surface area contributed by atoms with Crippen LogP contribution in [0.25, 0.3) is 0 Å². The zero-order valence-corrected chi connectivity index (χ0v) is 24.7. The van der Waals surface area contributed by atoms with E-state index in [1.54, 1.807) is 54.6 Å². The number of hydrogen-bond donors (Lipinski definition) is 3. The number of hydrogen-bond acceptors (Lipinski definition) is 7. The normalized spacial score (nSPS) is 12.5. The fourth-order valence-electron chi connectivity index (χ4n) is 4.57. The van der Waals surface area contributed by atoms with Crippen molar-refractivity contribution in [3.8, 4) is 0 Å². The standard InChI is InChI=1S/C29H35N5O7Si/c1-4-41-42(2,3)17-11-16-30-29(36)32-27(22-14-9-6-10-15-22)26(21-12-7-5-8-13-21)31-28(35)23-18-24(33(37)38)20-25(19-23)34(39)40/h5-10,12-15,18-20,26-27H,4,11,16-17H2,1-3H3,(H,31,35)(H2,30,32,36)/t26-,27-/m1/s1. The number of carbonyl (C=O) groups is 2. The number of benzene rings is 3. The van der Waals surface area contributed by atoms with Gasteiger partial charge >= 0.3 is 6.03 Å². The molecule has 3 N–H and O–H groups in total. The second kappa shape index (κ2) is 14.8. The van der Waals surface area contributed by atoms with Gasteiger partial charge in [0.1, 0.15) is 0 Å². The molecule has 222 valence electrons. The molecule has 0 aliphatic heterocycles. The van der Waals surface area contributed by atoms with Gasteiger partial charge in [-0.1, -0.05) is 60.7 Å². The van der Waals surface area contributed by atoms with Crippen molar-refractivity contribution in [2.45, 2.75) is 44.6 Å². The molecule has 0 spiro atoms. The Labute approximate surface area is 244 Å². The summed E-state index contributed by atoms with van der Waals surface area (Å²) in [6.45, 7) is 7.31. The van der Waals surface area contributed by atoms with E-state index in [0.717, 1.165) is 30.7 Å². The highest BCUT2D eigenvalue weighted by Gasteiger charge is 2.30.